The Morgan fingerprint density at radius 1 is 1.38 bits per heavy atom. The molecule has 1 amide bonds. The van der Waals surface area contributed by atoms with Gasteiger partial charge in [0.2, 0.25) is 5.95 Å². The summed E-state index contributed by atoms with van der Waals surface area (Å²) in [6.07, 6.45) is 5.00. The van der Waals surface area contributed by atoms with Gasteiger partial charge in [0.15, 0.2) is 5.75 Å². The van der Waals surface area contributed by atoms with E-state index in [4.69, 9.17) is 4.74 Å². The van der Waals surface area contributed by atoms with Gasteiger partial charge in [0.25, 0.3) is 5.91 Å². The van der Waals surface area contributed by atoms with Gasteiger partial charge in [-0.15, -0.1) is 0 Å². The number of aromatic nitrogens is 4. The predicted octanol–water partition coefficient (Wildman–Crippen LogP) is -0.163. The van der Waals surface area contributed by atoms with Gasteiger partial charge in [-0.05, 0) is 6.07 Å². The number of anilines is 1. The number of hydrogen-bond donors (Lipinski definition) is 1. The number of amides is 1. The van der Waals surface area contributed by atoms with Crippen LogP contribution in [0.2, 0.25) is 0 Å². The van der Waals surface area contributed by atoms with E-state index in [-0.39, 0.29) is 11.9 Å². The van der Waals surface area contributed by atoms with Gasteiger partial charge in [0.05, 0.1) is 25.5 Å². The SMILES string of the molecule is COc1cnc(N2CC(NC(=O)c3ccn(C)n3)C2)nc1. The van der Waals surface area contributed by atoms with Gasteiger partial charge < -0.3 is 15.0 Å². The van der Waals surface area contributed by atoms with E-state index < -0.39 is 0 Å². The van der Waals surface area contributed by atoms with Crippen LogP contribution in [0.25, 0.3) is 0 Å². The molecule has 0 atom stereocenters. The second-order valence-electron chi connectivity index (χ2n) is 4.87. The highest BCUT2D eigenvalue weighted by atomic mass is 16.5. The van der Waals surface area contributed by atoms with Gasteiger partial charge in [-0.1, -0.05) is 0 Å². The molecule has 21 heavy (non-hydrogen) atoms. The van der Waals surface area contributed by atoms with Crippen LogP contribution in [0.15, 0.2) is 24.7 Å². The Balaban J connectivity index is 1.52. The number of methoxy groups -OCH3 is 1. The van der Waals surface area contributed by atoms with Gasteiger partial charge in [-0.25, -0.2) is 9.97 Å². The molecule has 2 aromatic rings. The molecular weight excluding hydrogens is 272 g/mol. The zero-order valence-electron chi connectivity index (χ0n) is 11.9. The fourth-order valence-corrected chi connectivity index (χ4v) is 2.11. The van der Waals surface area contributed by atoms with Crippen LogP contribution in [0.1, 0.15) is 10.5 Å². The van der Waals surface area contributed by atoms with Crippen LogP contribution in [-0.2, 0) is 7.05 Å². The van der Waals surface area contributed by atoms with Crippen LogP contribution >= 0.6 is 0 Å². The quantitative estimate of drug-likeness (QED) is 0.841. The number of carbonyl (C=O) groups is 1. The van der Waals surface area contributed by atoms with Gasteiger partial charge >= 0.3 is 0 Å². The minimum atomic E-state index is -0.157. The summed E-state index contributed by atoms with van der Waals surface area (Å²) in [4.78, 5) is 22.3. The Morgan fingerprint density at radius 3 is 2.67 bits per heavy atom. The van der Waals surface area contributed by atoms with Crippen LogP contribution < -0.4 is 15.0 Å². The topological polar surface area (TPSA) is 85.2 Å². The van der Waals surface area contributed by atoms with E-state index in [1.165, 1.54) is 0 Å². The monoisotopic (exact) mass is 288 g/mol. The smallest absolute Gasteiger partial charge is 0.272 e. The van der Waals surface area contributed by atoms with Crippen molar-refractivity contribution < 1.29 is 9.53 Å². The highest BCUT2D eigenvalue weighted by Crippen LogP contribution is 2.17. The minimum absolute atomic E-state index is 0.0882. The summed E-state index contributed by atoms with van der Waals surface area (Å²) in [5, 5.41) is 7.00. The maximum atomic E-state index is 11.9. The molecule has 1 fully saturated rings. The number of nitrogens with zero attached hydrogens (tertiary/aromatic N) is 5. The van der Waals surface area contributed by atoms with Crippen molar-refractivity contribution in [2.45, 2.75) is 6.04 Å². The summed E-state index contributed by atoms with van der Waals surface area (Å²) in [5.41, 5.74) is 0.427. The molecule has 1 aliphatic rings. The summed E-state index contributed by atoms with van der Waals surface area (Å²) >= 11 is 0. The minimum Gasteiger partial charge on any atom is -0.494 e. The van der Waals surface area contributed by atoms with E-state index in [0.29, 0.717) is 30.5 Å². The van der Waals surface area contributed by atoms with Gasteiger partial charge in [0, 0.05) is 26.3 Å². The van der Waals surface area contributed by atoms with Crippen LogP contribution in [0.4, 0.5) is 5.95 Å². The average molecular weight is 288 g/mol. The Hall–Kier alpha value is -2.64. The molecule has 0 spiro atoms. The van der Waals surface area contributed by atoms with E-state index in [0.717, 1.165) is 0 Å². The molecule has 1 aliphatic heterocycles. The van der Waals surface area contributed by atoms with Crippen molar-refractivity contribution in [2.75, 3.05) is 25.1 Å². The molecule has 8 heteroatoms. The molecule has 110 valence electrons. The Bertz CT molecular complexity index is 632. The van der Waals surface area contributed by atoms with Gasteiger partial charge in [-0.2, -0.15) is 5.10 Å². The Labute approximate surface area is 121 Å². The molecule has 0 aromatic carbocycles. The fourth-order valence-electron chi connectivity index (χ4n) is 2.11. The molecule has 0 unspecified atom stereocenters. The third-order valence-electron chi connectivity index (χ3n) is 3.30. The molecular formula is C13H16N6O2. The van der Waals surface area contributed by atoms with Gasteiger partial charge in [-0.3, -0.25) is 9.48 Å². The zero-order chi connectivity index (χ0) is 14.8. The Morgan fingerprint density at radius 2 is 2.10 bits per heavy atom. The maximum absolute atomic E-state index is 11.9. The molecule has 0 bridgehead atoms. The van der Waals surface area contributed by atoms with Crippen molar-refractivity contribution in [3.05, 3.63) is 30.4 Å². The van der Waals surface area contributed by atoms with Crippen LogP contribution in [0, 0.1) is 0 Å². The predicted molar refractivity (Wildman–Crippen MR) is 75.3 cm³/mol. The molecule has 3 heterocycles. The maximum Gasteiger partial charge on any atom is 0.272 e. The van der Waals surface area contributed by atoms with E-state index in [1.54, 1.807) is 43.5 Å². The van der Waals surface area contributed by atoms with E-state index in [9.17, 15) is 4.79 Å². The second-order valence-corrected chi connectivity index (χ2v) is 4.87. The van der Waals surface area contributed by atoms with E-state index in [2.05, 4.69) is 20.4 Å². The number of nitrogens with one attached hydrogen (secondary N) is 1. The lowest BCUT2D eigenvalue weighted by molar-refractivity contribution is 0.0924. The van der Waals surface area contributed by atoms with Crippen molar-refractivity contribution in [1.29, 1.82) is 0 Å². The third-order valence-corrected chi connectivity index (χ3v) is 3.30. The molecule has 8 nitrogen and oxygen atoms in total. The summed E-state index contributed by atoms with van der Waals surface area (Å²) in [6.45, 7) is 1.37. The number of aryl methyl sites for hydroxylation is 1. The summed E-state index contributed by atoms with van der Waals surface area (Å²) in [7, 11) is 3.36. The fraction of sp³-hybridized carbons (Fsp3) is 0.385. The molecule has 1 N–H and O–H groups in total. The zero-order valence-corrected chi connectivity index (χ0v) is 11.9. The van der Waals surface area contributed by atoms with Crippen LogP contribution in [0.5, 0.6) is 5.75 Å². The largest absolute Gasteiger partial charge is 0.494 e. The molecule has 1 saturated heterocycles. The highest BCUT2D eigenvalue weighted by Gasteiger charge is 2.30. The van der Waals surface area contributed by atoms with E-state index in [1.807, 2.05) is 4.90 Å². The molecule has 0 aliphatic carbocycles. The van der Waals surface area contributed by atoms with Crippen molar-refractivity contribution in [3.8, 4) is 5.75 Å². The Kier molecular flexibility index (Phi) is 3.43. The molecule has 0 saturated carbocycles. The first-order valence-corrected chi connectivity index (χ1v) is 6.57. The number of ether oxygens (including phenoxy) is 1. The third kappa shape index (κ3) is 2.78. The van der Waals surface area contributed by atoms with Gasteiger partial charge in [0.1, 0.15) is 5.69 Å². The first kappa shape index (κ1) is 13.3. The molecule has 0 radical (unpaired) electrons. The van der Waals surface area contributed by atoms with Crippen LogP contribution in [0.3, 0.4) is 0 Å². The summed E-state index contributed by atoms with van der Waals surface area (Å²) in [5.74, 6) is 1.11. The lowest BCUT2D eigenvalue weighted by Crippen LogP contribution is -2.60. The summed E-state index contributed by atoms with van der Waals surface area (Å²) in [6, 6.07) is 1.78. The standard InChI is InChI=1S/C13H16N6O2/c1-18-4-3-11(17-18)12(20)16-9-7-19(8-9)13-14-5-10(21-2)6-15-13/h3-6,9H,7-8H2,1-2H3,(H,16,20). The lowest BCUT2D eigenvalue weighted by Gasteiger charge is -2.39. The highest BCUT2D eigenvalue weighted by molar-refractivity contribution is 5.92. The first-order valence-electron chi connectivity index (χ1n) is 6.57. The van der Waals surface area contributed by atoms with Crippen LogP contribution in [-0.4, -0.2) is 51.9 Å². The normalized spacial score (nSPS) is 14.7. The van der Waals surface area contributed by atoms with Crippen molar-refractivity contribution >= 4 is 11.9 Å². The number of rotatable bonds is 4. The number of carbonyl (C=O) groups excluding carboxylic acids is 1. The first-order chi connectivity index (χ1) is 10.2. The second kappa shape index (κ2) is 5.39. The van der Waals surface area contributed by atoms with E-state index >= 15 is 0 Å². The van der Waals surface area contributed by atoms with Crippen molar-refractivity contribution in [3.63, 3.8) is 0 Å². The average Bonchev–Trinajstić information content (AvgIpc) is 2.89. The van der Waals surface area contributed by atoms with Crippen molar-refractivity contribution in [1.82, 2.24) is 25.1 Å². The number of hydrogen-bond acceptors (Lipinski definition) is 6. The lowest BCUT2D eigenvalue weighted by atomic mass is 10.1. The molecule has 3 rings (SSSR count). The summed E-state index contributed by atoms with van der Waals surface area (Å²) < 4.78 is 6.62. The van der Waals surface area contributed by atoms with Crippen molar-refractivity contribution in [2.24, 2.45) is 7.05 Å². The molecule has 2 aromatic heterocycles.